The van der Waals surface area contributed by atoms with Gasteiger partial charge in [0.15, 0.2) is 6.10 Å². The van der Waals surface area contributed by atoms with Crippen molar-refractivity contribution in [1.29, 1.82) is 0 Å². The van der Waals surface area contributed by atoms with E-state index >= 15 is 0 Å². The predicted octanol–water partition coefficient (Wildman–Crippen LogP) is 2.06. The van der Waals surface area contributed by atoms with Gasteiger partial charge in [0.05, 0.1) is 0 Å². The summed E-state index contributed by atoms with van der Waals surface area (Å²) in [6, 6.07) is 4.57. The second kappa shape index (κ2) is 6.56. The Hall–Kier alpha value is -2.11. The maximum absolute atomic E-state index is 12.8. The molecule has 2 atom stereocenters. The summed E-state index contributed by atoms with van der Waals surface area (Å²) in [7, 11) is 0. The van der Waals surface area contributed by atoms with Crippen molar-refractivity contribution in [2.24, 2.45) is 0 Å². The minimum absolute atomic E-state index is 0.355. The molecule has 21 heavy (non-hydrogen) atoms. The zero-order chi connectivity index (χ0) is 15.4. The second-order valence-corrected chi connectivity index (χ2v) is 5.10. The van der Waals surface area contributed by atoms with Crippen LogP contribution in [0.2, 0.25) is 0 Å². The van der Waals surface area contributed by atoms with Crippen LogP contribution in [0.1, 0.15) is 26.2 Å². The Morgan fingerprint density at radius 2 is 2.00 bits per heavy atom. The molecule has 1 aromatic carbocycles. The third kappa shape index (κ3) is 3.71. The van der Waals surface area contributed by atoms with Crippen molar-refractivity contribution in [3.05, 3.63) is 30.1 Å². The van der Waals surface area contributed by atoms with Crippen molar-refractivity contribution in [3.63, 3.8) is 0 Å². The number of ether oxygens (including phenoxy) is 1. The molecule has 1 heterocycles. The Morgan fingerprint density at radius 1 is 1.33 bits per heavy atom. The fourth-order valence-electron chi connectivity index (χ4n) is 2.45. The molecule has 2 rings (SSSR count). The first-order valence-corrected chi connectivity index (χ1v) is 6.94. The van der Waals surface area contributed by atoms with Crippen LogP contribution in [0.3, 0.4) is 0 Å². The standard InChI is InChI=1S/C15H18FNO4/c1-10(21-12-7-5-11(16)6-8-12)14(18)17-9-3-2-4-13(17)15(19)20/h5-8,10,13H,2-4,9H2,1H3,(H,19,20)/t10?,13-/m1/s1. The molecule has 0 bridgehead atoms. The molecular weight excluding hydrogens is 277 g/mol. The molecule has 0 aliphatic carbocycles. The first-order chi connectivity index (χ1) is 9.99. The Bertz CT molecular complexity index is 517. The molecule has 1 N–H and O–H groups in total. The highest BCUT2D eigenvalue weighted by Crippen LogP contribution is 2.20. The number of likely N-dealkylation sites (tertiary alicyclic amines) is 1. The maximum Gasteiger partial charge on any atom is 0.326 e. The second-order valence-electron chi connectivity index (χ2n) is 5.10. The van der Waals surface area contributed by atoms with Gasteiger partial charge in [0.2, 0.25) is 0 Å². The van der Waals surface area contributed by atoms with Gasteiger partial charge in [-0.25, -0.2) is 9.18 Å². The number of aliphatic carboxylic acids is 1. The topological polar surface area (TPSA) is 66.8 Å². The molecule has 114 valence electrons. The van der Waals surface area contributed by atoms with Crippen LogP contribution in [0.15, 0.2) is 24.3 Å². The first-order valence-electron chi connectivity index (χ1n) is 6.94. The lowest BCUT2D eigenvalue weighted by molar-refractivity contribution is -0.155. The van der Waals surface area contributed by atoms with E-state index in [0.29, 0.717) is 18.7 Å². The van der Waals surface area contributed by atoms with Crippen LogP contribution in [0.25, 0.3) is 0 Å². The lowest BCUT2D eigenvalue weighted by Crippen LogP contribution is -2.52. The van der Waals surface area contributed by atoms with Crippen molar-refractivity contribution < 1.29 is 23.8 Å². The largest absolute Gasteiger partial charge is 0.481 e. The molecule has 5 nitrogen and oxygen atoms in total. The van der Waals surface area contributed by atoms with E-state index < -0.39 is 18.1 Å². The van der Waals surface area contributed by atoms with Crippen LogP contribution < -0.4 is 4.74 Å². The van der Waals surface area contributed by atoms with Crippen LogP contribution in [0.5, 0.6) is 5.75 Å². The first kappa shape index (κ1) is 15.3. The summed E-state index contributed by atoms with van der Waals surface area (Å²) in [6.07, 6.45) is 1.24. The molecule has 0 saturated carbocycles. The molecule has 1 aliphatic heterocycles. The number of hydrogen-bond donors (Lipinski definition) is 1. The van der Waals surface area contributed by atoms with Crippen LogP contribution in [-0.2, 0) is 9.59 Å². The van der Waals surface area contributed by atoms with E-state index in [0.717, 1.165) is 12.8 Å². The van der Waals surface area contributed by atoms with E-state index in [4.69, 9.17) is 4.74 Å². The SMILES string of the molecule is CC(Oc1ccc(F)cc1)C(=O)N1CCCC[C@@H]1C(=O)O. The van der Waals surface area contributed by atoms with Crippen molar-refractivity contribution in [3.8, 4) is 5.75 Å². The van der Waals surface area contributed by atoms with Crippen molar-refractivity contribution in [2.45, 2.75) is 38.3 Å². The maximum atomic E-state index is 12.8. The normalized spacial score (nSPS) is 19.9. The molecule has 1 aromatic rings. The van der Waals surface area contributed by atoms with Gasteiger partial charge >= 0.3 is 5.97 Å². The molecule has 1 unspecified atom stereocenters. The highest BCUT2D eigenvalue weighted by molar-refractivity contribution is 5.86. The van der Waals surface area contributed by atoms with E-state index in [-0.39, 0.29) is 11.7 Å². The molecule has 1 fully saturated rings. The number of amides is 1. The van der Waals surface area contributed by atoms with E-state index in [2.05, 4.69) is 0 Å². The van der Waals surface area contributed by atoms with E-state index in [1.54, 1.807) is 6.92 Å². The summed E-state index contributed by atoms with van der Waals surface area (Å²) >= 11 is 0. The summed E-state index contributed by atoms with van der Waals surface area (Å²) in [5.74, 6) is -1.35. The molecule has 0 aromatic heterocycles. The van der Waals surface area contributed by atoms with E-state index in [9.17, 15) is 19.1 Å². The van der Waals surface area contributed by atoms with Gasteiger partial charge < -0.3 is 14.7 Å². The van der Waals surface area contributed by atoms with Crippen LogP contribution in [0.4, 0.5) is 4.39 Å². The predicted molar refractivity (Wildman–Crippen MR) is 73.5 cm³/mol. The third-order valence-electron chi connectivity index (χ3n) is 3.55. The number of carboxylic acid groups (broad SMARTS) is 1. The summed E-state index contributed by atoms with van der Waals surface area (Å²) in [4.78, 5) is 24.9. The van der Waals surface area contributed by atoms with Crippen molar-refractivity contribution in [1.82, 2.24) is 4.90 Å². The van der Waals surface area contributed by atoms with E-state index in [1.807, 2.05) is 0 Å². The lowest BCUT2D eigenvalue weighted by atomic mass is 10.0. The minimum Gasteiger partial charge on any atom is -0.481 e. The molecule has 1 amide bonds. The highest BCUT2D eigenvalue weighted by atomic mass is 19.1. The van der Waals surface area contributed by atoms with Crippen LogP contribution >= 0.6 is 0 Å². The number of carbonyl (C=O) groups is 2. The lowest BCUT2D eigenvalue weighted by Gasteiger charge is -2.34. The zero-order valence-corrected chi connectivity index (χ0v) is 11.8. The number of hydrogen-bond acceptors (Lipinski definition) is 3. The van der Waals surface area contributed by atoms with Gasteiger partial charge in [0.25, 0.3) is 5.91 Å². The number of piperidine rings is 1. The Labute approximate surface area is 122 Å². The number of halogens is 1. The van der Waals surface area contributed by atoms with Gasteiger partial charge in [-0.15, -0.1) is 0 Å². The van der Waals surface area contributed by atoms with Gasteiger partial charge in [-0.2, -0.15) is 0 Å². The fourth-order valence-corrected chi connectivity index (χ4v) is 2.45. The highest BCUT2D eigenvalue weighted by Gasteiger charge is 2.34. The zero-order valence-electron chi connectivity index (χ0n) is 11.8. The number of rotatable bonds is 4. The summed E-state index contributed by atoms with van der Waals surface area (Å²) in [5.41, 5.74) is 0. The summed E-state index contributed by atoms with van der Waals surface area (Å²) in [6.45, 7) is 1.99. The molecule has 0 spiro atoms. The van der Waals surface area contributed by atoms with Crippen LogP contribution in [0, 0.1) is 5.82 Å². The number of nitrogens with zero attached hydrogens (tertiary/aromatic N) is 1. The number of benzene rings is 1. The minimum atomic E-state index is -0.989. The average molecular weight is 295 g/mol. The van der Waals surface area contributed by atoms with Gasteiger partial charge in [-0.05, 0) is 50.5 Å². The quantitative estimate of drug-likeness (QED) is 0.923. The Morgan fingerprint density at radius 3 is 2.62 bits per heavy atom. The monoisotopic (exact) mass is 295 g/mol. The Balaban J connectivity index is 2.03. The van der Waals surface area contributed by atoms with Gasteiger partial charge in [0, 0.05) is 6.54 Å². The summed E-state index contributed by atoms with van der Waals surface area (Å²) in [5, 5.41) is 9.18. The third-order valence-corrected chi connectivity index (χ3v) is 3.55. The van der Waals surface area contributed by atoms with Gasteiger partial charge in [-0.3, -0.25) is 4.79 Å². The van der Waals surface area contributed by atoms with Gasteiger partial charge in [-0.1, -0.05) is 0 Å². The molecule has 1 saturated heterocycles. The van der Waals surface area contributed by atoms with E-state index in [1.165, 1.54) is 29.2 Å². The van der Waals surface area contributed by atoms with Gasteiger partial charge in [0.1, 0.15) is 17.6 Å². The van der Waals surface area contributed by atoms with Crippen molar-refractivity contribution >= 4 is 11.9 Å². The number of carboxylic acids is 1. The van der Waals surface area contributed by atoms with Crippen molar-refractivity contribution in [2.75, 3.05) is 6.54 Å². The summed E-state index contributed by atoms with van der Waals surface area (Å²) < 4.78 is 18.3. The molecule has 1 aliphatic rings. The number of carbonyl (C=O) groups excluding carboxylic acids is 1. The molecule has 0 radical (unpaired) electrons. The average Bonchev–Trinajstić information content (AvgIpc) is 2.48. The smallest absolute Gasteiger partial charge is 0.326 e. The molecule has 6 heteroatoms. The fraction of sp³-hybridized carbons (Fsp3) is 0.467. The van der Waals surface area contributed by atoms with Crippen LogP contribution in [-0.4, -0.2) is 40.6 Å². The Kier molecular flexibility index (Phi) is 4.77. The molecular formula is C15H18FNO4.